The lowest BCUT2D eigenvalue weighted by molar-refractivity contribution is 0.142. The number of nitrogens with zero attached hydrogens (tertiary/aromatic N) is 2. The molecule has 0 bridgehead atoms. The Bertz CT molecular complexity index is 675. The van der Waals surface area contributed by atoms with Crippen molar-refractivity contribution in [3.8, 4) is 0 Å². The Kier molecular flexibility index (Phi) is 3.54. The van der Waals surface area contributed by atoms with Gasteiger partial charge in [0.2, 0.25) is 0 Å². The Morgan fingerprint density at radius 1 is 1.40 bits per heavy atom. The first kappa shape index (κ1) is 13.3. The number of hydrogen-bond acceptors (Lipinski definition) is 4. The van der Waals surface area contributed by atoms with Gasteiger partial charge in [0.05, 0.1) is 17.4 Å². The second kappa shape index (κ2) is 5.34. The summed E-state index contributed by atoms with van der Waals surface area (Å²) in [4.78, 5) is 22.1. The van der Waals surface area contributed by atoms with Crippen molar-refractivity contribution in [1.29, 1.82) is 0 Å². The molecule has 5 heteroatoms. The highest BCUT2D eigenvalue weighted by Gasteiger charge is 2.24. The second-order valence-electron chi connectivity index (χ2n) is 5.36. The Morgan fingerprint density at radius 2 is 2.20 bits per heavy atom. The number of likely N-dealkylation sites (N-methyl/N-ethyl adjacent to an activating group) is 1. The molecule has 1 saturated heterocycles. The first-order valence-electron chi connectivity index (χ1n) is 7.12. The van der Waals surface area contributed by atoms with Crippen molar-refractivity contribution in [1.82, 2.24) is 20.2 Å². The molecule has 0 unspecified atom stereocenters. The monoisotopic (exact) mass is 272 g/mol. The number of para-hydroxylation sites is 1. The second-order valence-corrected chi connectivity index (χ2v) is 5.36. The summed E-state index contributed by atoms with van der Waals surface area (Å²) in [6.45, 7) is 7.83. The molecule has 2 N–H and O–H groups in total. The highest BCUT2D eigenvalue weighted by atomic mass is 16.1. The van der Waals surface area contributed by atoms with Crippen LogP contribution in [-0.2, 0) is 6.54 Å². The minimum absolute atomic E-state index is 0.0449. The van der Waals surface area contributed by atoms with Crippen molar-refractivity contribution < 1.29 is 0 Å². The molecule has 106 valence electrons. The normalized spacial score (nSPS) is 15.8. The number of aryl methyl sites for hydroxylation is 1. The van der Waals surface area contributed by atoms with E-state index in [1.165, 1.54) is 0 Å². The van der Waals surface area contributed by atoms with E-state index in [-0.39, 0.29) is 5.56 Å². The van der Waals surface area contributed by atoms with Crippen LogP contribution >= 0.6 is 0 Å². The molecule has 0 amide bonds. The van der Waals surface area contributed by atoms with Gasteiger partial charge in [-0.1, -0.05) is 19.1 Å². The molecule has 1 fully saturated rings. The molecule has 3 rings (SSSR count). The number of rotatable bonds is 4. The highest BCUT2D eigenvalue weighted by molar-refractivity contribution is 5.80. The summed E-state index contributed by atoms with van der Waals surface area (Å²) >= 11 is 0. The van der Waals surface area contributed by atoms with Crippen molar-refractivity contribution in [2.24, 2.45) is 0 Å². The van der Waals surface area contributed by atoms with Crippen LogP contribution in [0.1, 0.15) is 18.3 Å². The molecule has 1 aromatic heterocycles. The van der Waals surface area contributed by atoms with Gasteiger partial charge in [0, 0.05) is 19.1 Å². The van der Waals surface area contributed by atoms with Gasteiger partial charge in [0.25, 0.3) is 5.56 Å². The number of benzene rings is 1. The van der Waals surface area contributed by atoms with E-state index in [1.54, 1.807) is 0 Å². The minimum atomic E-state index is -0.0449. The van der Waals surface area contributed by atoms with Crippen molar-refractivity contribution in [2.75, 3.05) is 19.6 Å². The lowest BCUT2D eigenvalue weighted by atomic mass is 10.1. The van der Waals surface area contributed by atoms with E-state index in [9.17, 15) is 4.79 Å². The standard InChI is InChI=1S/C15H20N4O/c1-3-19(11-7-16-8-11)9-13-17-14-10(2)5-4-6-12(14)15(20)18-13/h4-6,11,16H,3,7-9H2,1-2H3,(H,17,18,20). The van der Waals surface area contributed by atoms with Crippen molar-refractivity contribution in [2.45, 2.75) is 26.4 Å². The fourth-order valence-corrected chi connectivity index (χ4v) is 2.65. The molecule has 0 radical (unpaired) electrons. The van der Waals surface area contributed by atoms with Crippen molar-refractivity contribution >= 4 is 10.9 Å². The number of hydrogen-bond donors (Lipinski definition) is 2. The molecule has 1 aromatic carbocycles. The zero-order valence-electron chi connectivity index (χ0n) is 11.9. The third-order valence-corrected chi connectivity index (χ3v) is 4.02. The number of H-pyrrole nitrogens is 1. The summed E-state index contributed by atoms with van der Waals surface area (Å²) in [5.74, 6) is 0.755. The van der Waals surface area contributed by atoms with Crippen LogP contribution in [0.2, 0.25) is 0 Å². The zero-order chi connectivity index (χ0) is 14.1. The SMILES string of the molecule is CCN(Cc1nc2c(C)cccc2c(=O)[nH]1)C1CNC1. The maximum Gasteiger partial charge on any atom is 0.258 e. The largest absolute Gasteiger partial charge is 0.314 e. The average molecular weight is 272 g/mol. The van der Waals surface area contributed by atoms with Gasteiger partial charge in [0.15, 0.2) is 0 Å². The van der Waals surface area contributed by atoms with Crippen LogP contribution in [-0.4, -0.2) is 40.5 Å². The number of fused-ring (bicyclic) bond motifs is 1. The Hall–Kier alpha value is -1.72. The van der Waals surface area contributed by atoms with E-state index in [4.69, 9.17) is 0 Å². The van der Waals surface area contributed by atoms with Gasteiger partial charge in [-0.2, -0.15) is 0 Å². The van der Waals surface area contributed by atoms with E-state index >= 15 is 0 Å². The van der Waals surface area contributed by atoms with E-state index in [1.807, 2.05) is 25.1 Å². The molecular weight excluding hydrogens is 252 g/mol. The molecule has 0 aliphatic carbocycles. The molecule has 0 spiro atoms. The van der Waals surface area contributed by atoms with Crippen LogP contribution < -0.4 is 10.9 Å². The van der Waals surface area contributed by atoms with E-state index in [0.29, 0.717) is 18.0 Å². The molecule has 0 saturated carbocycles. The quantitative estimate of drug-likeness (QED) is 0.872. The Labute approximate surface area is 118 Å². The van der Waals surface area contributed by atoms with Crippen LogP contribution in [0.25, 0.3) is 10.9 Å². The minimum Gasteiger partial charge on any atom is -0.314 e. The molecule has 2 heterocycles. The summed E-state index contributed by atoms with van der Waals surface area (Å²) in [6.07, 6.45) is 0. The van der Waals surface area contributed by atoms with Crippen LogP contribution in [0.15, 0.2) is 23.0 Å². The van der Waals surface area contributed by atoms with E-state index in [2.05, 4.69) is 27.1 Å². The maximum atomic E-state index is 12.1. The maximum absolute atomic E-state index is 12.1. The van der Waals surface area contributed by atoms with Gasteiger partial charge in [-0.05, 0) is 25.1 Å². The predicted octanol–water partition coefficient (Wildman–Crippen LogP) is 1.03. The Balaban J connectivity index is 1.95. The van der Waals surface area contributed by atoms with Gasteiger partial charge in [-0.3, -0.25) is 9.69 Å². The first-order chi connectivity index (χ1) is 9.69. The molecule has 20 heavy (non-hydrogen) atoms. The lowest BCUT2D eigenvalue weighted by Gasteiger charge is -2.37. The topological polar surface area (TPSA) is 61.0 Å². The summed E-state index contributed by atoms with van der Waals surface area (Å²) in [5, 5.41) is 3.95. The van der Waals surface area contributed by atoms with Gasteiger partial charge < -0.3 is 10.3 Å². The first-order valence-corrected chi connectivity index (χ1v) is 7.12. The predicted molar refractivity (Wildman–Crippen MR) is 79.8 cm³/mol. The van der Waals surface area contributed by atoms with Gasteiger partial charge in [0.1, 0.15) is 5.82 Å². The fourth-order valence-electron chi connectivity index (χ4n) is 2.65. The third-order valence-electron chi connectivity index (χ3n) is 4.02. The number of aromatic nitrogens is 2. The summed E-state index contributed by atoms with van der Waals surface area (Å²) in [7, 11) is 0. The zero-order valence-corrected chi connectivity index (χ0v) is 11.9. The van der Waals surface area contributed by atoms with Gasteiger partial charge >= 0.3 is 0 Å². The Morgan fingerprint density at radius 3 is 2.85 bits per heavy atom. The summed E-state index contributed by atoms with van der Waals surface area (Å²) in [5.41, 5.74) is 1.81. The fraction of sp³-hybridized carbons (Fsp3) is 0.467. The van der Waals surface area contributed by atoms with Gasteiger partial charge in [-0.15, -0.1) is 0 Å². The molecule has 1 aliphatic heterocycles. The van der Waals surface area contributed by atoms with Crippen molar-refractivity contribution in [3.05, 3.63) is 39.9 Å². The average Bonchev–Trinajstić information content (AvgIpc) is 2.37. The molecule has 0 atom stereocenters. The molecule has 1 aliphatic rings. The molecular formula is C15H20N4O. The number of aromatic amines is 1. The third kappa shape index (κ3) is 2.34. The smallest absolute Gasteiger partial charge is 0.258 e. The highest BCUT2D eigenvalue weighted by Crippen LogP contribution is 2.14. The van der Waals surface area contributed by atoms with Crippen LogP contribution in [0.3, 0.4) is 0 Å². The van der Waals surface area contributed by atoms with Crippen LogP contribution in [0, 0.1) is 6.92 Å². The summed E-state index contributed by atoms with van der Waals surface area (Å²) < 4.78 is 0. The number of nitrogens with one attached hydrogen (secondary N) is 2. The van der Waals surface area contributed by atoms with Gasteiger partial charge in [-0.25, -0.2) is 4.98 Å². The summed E-state index contributed by atoms with van der Waals surface area (Å²) in [6, 6.07) is 6.27. The van der Waals surface area contributed by atoms with Crippen molar-refractivity contribution in [3.63, 3.8) is 0 Å². The molecule has 5 nitrogen and oxygen atoms in total. The van der Waals surface area contributed by atoms with Crippen LogP contribution in [0.5, 0.6) is 0 Å². The van der Waals surface area contributed by atoms with E-state index < -0.39 is 0 Å². The van der Waals surface area contributed by atoms with E-state index in [0.717, 1.165) is 36.5 Å². The molecule has 2 aromatic rings. The lowest BCUT2D eigenvalue weighted by Crippen LogP contribution is -2.56. The van der Waals surface area contributed by atoms with Crippen LogP contribution in [0.4, 0.5) is 0 Å².